The lowest BCUT2D eigenvalue weighted by atomic mass is 9.72. The lowest BCUT2D eigenvalue weighted by Crippen LogP contribution is -2.49. The molecule has 1 aromatic rings. The maximum Gasteiger partial charge on any atom is 0.00998 e. The van der Waals surface area contributed by atoms with Crippen LogP contribution in [0.4, 0.5) is 0 Å². The van der Waals surface area contributed by atoms with Crippen molar-refractivity contribution in [3.63, 3.8) is 0 Å². The summed E-state index contributed by atoms with van der Waals surface area (Å²) in [7, 11) is 0. The number of nitrogens with two attached hydrogens (primary N) is 1. The van der Waals surface area contributed by atoms with Crippen LogP contribution >= 0.6 is 0 Å². The molecule has 0 amide bonds. The summed E-state index contributed by atoms with van der Waals surface area (Å²) in [5, 5.41) is 0. The van der Waals surface area contributed by atoms with E-state index < -0.39 is 0 Å². The van der Waals surface area contributed by atoms with Crippen LogP contribution in [0.3, 0.4) is 0 Å². The van der Waals surface area contributed by atoms with Crippen molar-refractivity contribution in [1.82, 2.24) is 4.90 Å². The Hall–Kier alpha value is -0.860. The van der Waals surface area contributed by atoms with Gasteiger partial charge < -0.3 is 10.6 Å². The first-order chi connectivity index (χ1) is 9.73. The second-order valence-corrected chi connectivity index (χ2v) is 6.82. The smallest absolute Gasteiger partial charge is 0.00998 e. The molecule has 20 heavy (non-hydrogen) atoms. The highest BCUT2D eigenvalue weighted by Gasteiger charge is 2.37. The van der Waals surface area contributed by atoms with Gasteiger partial charge in [-0.05, 0) is 51.3 Å². The predicted octanol–water partition coefficient (Wildman–Crippen LogP) is 3.23. The summed E-state index contributed by atoms with van der Waals surface area (Å²) in [6, 6.07) is 9.93. The number of nitrogens with zero attached hydrogens (tertiary/aromatic N) is 1. The van der Waals surface area contributed by atoms with Gasteiger partial charge in [-0.3, -0.25) is 0 Å². The van der Waals surface area contributed by atoms with Crippen molar-refractivity contribution in [1.29, 1.82) is 0 Å². The number of likely N-dealkylation sites (tertiary alicyclic amines) is 1. The fourth-order valence-electron chi connectivity index (χ4n) is 4.10. The number of hydrogen-bond donors (Lipinski definition) is 1. The highest BCUT2D eigenvalue weighted by atomic mass is 15.2. The SMILES string of the molecule is Cc1ccc(C2(CN)CCN(C3CCCC3)CC2)cc1. The van der Waals surface area contributed by atoms with E-state index in [4.69, 9.17) is 5.73 Å². The summed E-state index contributed by atoms with van der Waals surface area (Å²) >= 11 is 0. The van der Waals surface area contributed by atoms with Crippen LogP contribution in [0.1, 0.15) is 49.7 Å². The molecule has 1 saturated carbocycles. The van der Waals surface area contributed by atoms with Crippen molar-refractivity contribution in [2.24, 2.45) is 5.73 Å². The molecule has 2 heteroatoms. The van der Waals surface area contributed by atoms with E-state index in [2.05, 4.69) is 36.1 Å². The van der Waals surface area contributed by atoms with Gasteiger partial charge in [0, 0.05) is 18.0 Å². The molecule has 110 valence electrons. The van der Waals surface area contributed by atoms with Crippen LogP contribution in [0.15, 0.2) is 24.3 Å². The fraction of sp³-hybridized carbons (Fsp3) is 0.667. The summed E-state index contributed by atoms with van der Waals surface area (Å²) in [5.41, 5.74) is 9.21. The number of hydrogen-bond acceptors (Lipinski definition) is 2. The van der Waals surface area contributed by atoms with Gasteiger partial charge in [0.15, 0.2) is 0 Å². The zero-order valence-electron chi connectivity index (χ0n) is 12.8. The number of benzene rings is 1. The van der Waals surface area contributed by atoms with E-state index in [9.17, 15) is 0 Å². The Morgan fingerprint density at radius 1 is 1.10 bits per heavy atom. The normalized spacial score (nSPS) is 24.1. The zero-order chi connectivity index (χ0) is 14.0. The molecule has 2 nitrogen and oxygen atoms in total. The molecular weight excluding hydrogens is 244 g/mol. The van der Waals surface area contributed by atoms with Crippen LogP contribution in [-0.2, 0) is 5.41 Å². The van der Waals surface area contributed by atoms with Crippen LogP contribution in [0.2, 0.25) is 0 Å². The van der Waals surface area contributed by atoms with Gasteiger partial charge in [-0.15, -0.1) is 0 Å². The van der Waals surface area contributed by atoms with Crippen molar-refractivity contribution < 1.29 is 0 Å². The van der Waals surface area contributed by atoms with Crippen LogP contribution in [-0.4, -0.2) is 30.6 Å². The van der Waals surface area contributed by atoms with Gasteiger partial charge >= 0.3 is 0 Å². The monoisotopic (exact) mass is 272 g/mol. The quantitative estimate of drug-likeness (QED) is 0.915. The van der Waals surface area contributed by atoms with Gasteiger partial charge in [-0.1, -0.05) is 42.7 Å². The summed E-state index contributed by atoms with van der Waals surface area (Å²) in [4.78, 5) is 2.73. The summed E-state index contributed by atoms with van der Waals surface area (Å²) in [5.74, 6) is 0. The molecule has 1 aliphatic carbocycles. The van der Waals surface area contributed by atoms with E-state index in [1.165, 1.54) is 62.7 Å². The first kappa shape index (κ1) is 14.1. The first-order valence-electron chi connectivity index (χ1n) is 8.25. The lowest BCUT2D eigenvalue weighted by molar-refractivity contribution is 0.118. The van der Waals surface area contributed by atoms with Gasteiger partial charge in [0.25, 0.3) is 0 Å². The number of aryl methyl sites for hydroxylation is 1. The molecule has 0 unspecified atom stereocenters. The Bertz CT molecular complexity index is 423. The fourth-order valence-corrected chi connectivity index (χ4v) is 4.10. The van der Waals surface area contributed by atoms with E-state index in [-0.39, 0.29) is 5.41 Å². The van der Waals surface area contributed by atoms with Gasteiger partial charge in [0.05, 0.1) is 0 Å². The summed E-state index contributed by atoms with van der Waals surface area (Å²) in [6.07, 6.45) is 8.15. The van der Waals surface area contributed by atoms with E-state index in [1.54, 1.807) is 0 Å². The standard InChI is InChI=1S/C18H28N2/c1-15-6-8-16(9-7-15)18(14-19)10-12-20(13-11-18)17-4-2-3-5-17/h6-9,17H,2-5,10-14,19H2,1H3. The van der Waals surface area contributed by atoms with Gasteiger partial charge in [-0.2, -0.15) is 0 Å². The third-order valence-electron chi connectivity index (χ3n) is 5.65. The minimum atomic E-state index is 0.225. The zero-order valence-corrected chi connectivity index (χ0v) is 12.8. The van der Waals surface area contributed by atoms with Crippen LogP contribution in [0, 0.1) is 6.92 Å². The van der Waals surface area contributed by atoms with Crippen molar-refractivity contribution in [3.05, 3.63) is 35.4 Å². The van der Waals surface area contributed by atoms with Crippen molar-refractivity contribution in [3.8, 4) is 0 Å². The molecule has 2 fully saturated rings. The van der Waals surface area contributed by atoms with Gasteiger partial charge in [0.1, 0.15) is 0 Å². The molecule has 0 bridgehead atoms. The molecule has 1 heterocycles. The Morgan fingerprint density at radius 2 is 1.70 bits per heavy atom. The molecule has 0 aromatic heterocycles. The molecule has 0 radical (unpaired) electrons. The second-order valence-electron chi connectivity index (χ2n) is 6.82. The largest absolute Gasteiger partial charge is 0.330 e. The van der Waals surface area contributed by atoms with Crippen molar-refractivity contribution in [2.75, 3.05) is 19.6 Å². The molecule has 2 N–H and O–H groups in total. The Balaban J connectivity index is 1.70. The maximum absolute atomic E-state index is 6.19. The summed E-state index contributed by atoms with van der Waals surface area (Å²) in [6.45, 7) is 5.40. The number of rotatable bonds is 3. The second kappa shape index (κ2) is 5.87. The summed E-state index contributed by atoms with van der Waals surface area (Å²) < 4.78 is 0. The Labute approximate surface area is 123 Å². The van der Waals surface area contributed by atoms with Crippen LogP contribution in [0.25, 0.3) is 0 Å². The van der Waals surface area contributed by atoms with Crippen molar-refractivity contribution in [2.45, 2.75) is 56.9 Å². The highest BCUT2D eigenvalue weighted by molar-refractivity contribution is 5.30. The van der Waals surface area contributed by atoms with E-state index in [1.807, 2.05) is 0 Å². The molecule has 1 aliphatic heterocycles. The van der Waals surface area contributed by atoms with Crippen molar-refractivity contribution >= 4 is 0 Å². The molecule has 0 atom stereocenters. The van der Waals surface area contributed by atoms with Crippen LogP contribution < -0.4 is 5.73 Å². The van der Waals surface area contributed by atoms with E-state index >= 15 is 0 Å². The van der Waals surface area contributed by atoms with E-state index in [0.29, 0.717) is 0 Å². The average molecular weight is 272 g/mol. The molecule has 3 rings (SSSR count). The molecule has 0 spiro atoms. The minimum absolute atomic E-state index is 0.225. The van der Waals surface area contributed by atoms with Gasteiger partial charge in [-0.25, -0.2) is 0 Å². The third kappa shape index (κ3) is 2.64. The third-order valence-corrected chi connectivity index (χ3v) is 5.65. The van der Waals surface area contributed by atoms with E-state index in [0.717, 1.165) is 12.6 Å². The minimum Gasteiger partial charge on any atom is -0.330 e. The predicted molar refractivity (Wildman–Crippen MR) is 85.0 cm³/mol. The Morgan fingerprint density at radius 3 is 2.25 bits per heavy atom. The van der Waals surface area contributed by atoms with Gasteiger partial charge in [0.2, 0.25) is 0 Å². The number of piperidine rings is 1. The molecular formula is C18H28N2. The topological polar surface area (TPSA) is 29.3 Å². The van der Waals surface area contributed by atoms with Crippen LogP contribution in [0.5, 0.6) is 0 Å². The molecule has 1 saturated heterocycles. The Kier molecular flexibility index (Phi) is 4.13. The molecule has 1 aromatic carbocycles. The lowest BCUT2D eigenvalue weighted by Gasteiger charge is -2.43. The average Bonchev–Trinajstić information content (AvgIpc) is 3.02. The first-order valence-corrected chi connectivity index (χ1v) is 8.25. The molecule has 2 aliphatic rings. The maximum atomic E-state index is 6.19. The highest BCUT2D eigenvalue weighted by Crippen LogP contribution is 2.37.